The fourth-order valence-corrected chi connectivity index (χ4v) is 2.55. The third-order valence-corrected chi connectivity index (χ3v) is 3.80. The van der Waals surface area contributed by atoms with E-state index in [2.05, 4.69) is 5.32 Å². The van der Waals surface area contributed by atoms with E-state index in [-0.39, 0.29) is 11.9 Å². The molecule has 1 N–H and O–H groups in total. The van der Waals surface area contributed by atoms with Crippen molar-refractivity contribution in [1.29, 1.82) is 0 Å². The normalized spacial score (nSPS) is 17.0. The Morgan fingerprint density at radius 3 is 2.48 bits per heavy atom. The number of carbonyl (C=O) groups is 2. The average molecular weight is 325 g/mol. The molecule has 0 spiro atoms. The molecular formula is C16H21F2N3O2. The molecule has 1 aliphatic rings. The zero-order valence-electron chi connectivity index (χ0n) is 13.5. The van der Waals surface area contributed by atoms with Crippen molar-refractivity contribution in [2.45, 2.75) is 32.4 Å². The SMILES string of the molecule is CN(CCCN1C(=O)NC(C)(C)C1=O)Cc1ccc(F)c(F)c1. The average Bonchev–Trinajstić information content (AvgIpc) is 2.64. The van der Waals surface area contributed by atoms with Gasteiger partial charge in [0.25, 0.3) is 5.91 Å². The van der Waals surface area contributed by atoms with Crippen molar-refractivity contribution in [3.05, 3.63) is 35.4 Å². The Morgan fingerprint density at radius 2 is 1.91 bits per heavy atom. The van der Waals surface area contributed by atoms with Crippen molar-refractivity contribution in [3.63, 3.8) is 0 Å². The highest BCUT2D eigenvalue weighted by atomic mass is 19.2. The van der Waals surface area contributed by atoms with Crippen molar-refractivity contribution in [2.75, 3.05) is 20.1 Å². The summed E-state index contributed by atoms with van der Waals surface area (Å²) >= 11 is 0. The summed E-state index contributed by atoms with van der Waals surface area (Å²) in [7, 11) is 1.84. The predicted molar refractivity (Wildman–Crippen MR) is 81.6 cm³/mol. The number of hydrogen-bond donors (Lipinski definition) is 1. The van der Waals surface area contributed by atoms with Gasteiger partial charge in [-0.2, -0.15) is 0 Å². The Bertz CT molecular complexity index is 619. The van der Waals surface area contributed by atoms with Crippen LogP contribution in [0.1, 0.15) is 25.8 Å². The Hall–Kier alpha value is -2.02. The van der Waals surface area contributed by atoms with E-state index in [0.29, 0.717) is 31.6 Å². The minimum absolute atomic E-state index is 0.231. The van der Waals surface area contributed by atoms with Gasteiger partial charge >= 0.3 is 6.03 Å². The van der Waals surface area contributed by atoms with Crippen molar-refractivity contribution >= 4 is 11.9 Å². The molecule has 0 unspecified atom stereocenters. The molecule has 1 aliphatic heterocycles. The number of benzene rings is 1. The molecule has 5 nitrogen and oxygen atoms in total. The molecule has 0 radical (unpaired) electrons. The number of hydrogen-bond acceptors (Lipinski definition) is 3. The first-order valence-corrected chi connectivity index (χ1v) is 7.47. The quantitative estimate of drug-likeness (QED) is 0.815. The van der Waals surface area contributed by atoms with Gasteiger partial charge in [0.15, 0.2) is 11.6 Å². The van der Waals surface area contributed by atoms with Gasteiger partial charge in [-0.1, -0.05) is 6.07 Å². The Kier molecular flexibility index (Phi) is 4.99. The van der Waals surface area contributed by atoms with Crippen LogP contribution >= 0.6 is 0 Å². The van der Waals surface area contributed by atoms with Crippen LogP contribution in [0.3, 0.4) is 0 Å². The number of imide groups is 1. The highest BCUT2D eigenvalue weighted by molar-refractivity contribution is 6.06. The summed E-state index contributed by atoms with van der Waals surface area (Å²) in [5.41, 5.74) is -0.184. The number of halogens is 2. The monoisotopic (exact) mass is 325 g/mol. The topological polar surface area (TPSA) is 52.6 Å². The lowest BCUT2D eigenvalue weighted by molar-refractivity contribution is -0.130. The summed E-state index contributed by atoms with van der Waals surface area (Å²) in [4.78, 5) is 26.9. The second-order valence-electron chi connectivity index (χ2n) is 6.35. The molecule has 0 aromatic heterocycles. The standard InChI is InChI=1S/C16H21F2N3O2/c1-16(2)14(22)21(15(23)19-16)8-4-7-20(3)10-11-5-6-12(17)13(18)9-11/h5-6,9H,4,7-8,10H2,1-3H3,(H,19,23). The van der Waals surface area contributed by atoms with Crippen LogP contribution in [0.4, 0.5) is 13.6 Å². The van der Waals surface area contributed by atoms with Gasteiger partial charge < -0.3 is 10.2 Å². The van der Waals surface area contributed by atoms with Crippen molar-refractivity contribution in [3.8, 4) is 0 Å². The molecule has 3 amide bonds. The van der Waals surface area contributed by atoms with Crippen LogP contribution in [0.25, 0.3) is 0 Å². The molecular weight excluding hydrogens is 304 g/mol. The van der Waals surface area contributed by atoms with Crippen LogP contribution in [0.15, 0.2) is 18.2 Å². The largest absolute Gasteiger partial charge is 0.325 e. The van der Waals surface area contributed by atoms with Crippen LogP contribution in [-0.2, 0) is 11.3 Å². The van der Waals surface area contributed by atoms with E-state index in [1.54, 1.807) is 13.8 Å². The molecule has 0 saturated carbocycles. The number of amides is 3. The minimum atomic E-state index is -0.863. The number of nitrogens with one attached hydrogen (secondary N) is 1. The molecule has 1 aromatic rings. The number of carbonyl (C=O) groups excluding carboxylic acids is 2. The third kappa shape index (κ3) is 4.04. The number of nitrogens with zero attached hydrogens (tertiary/aromatic N) is 2. The highest BCUT2D eigenvalue weighted by Crippen LogP contribution is 2.17. The Labute approximate surface area is 134 Å². The van der Waals surface area contributed by atoms with Gasteiger partial charge in [0, 0.05) is 13.1 Å². The fourth-order valence-electron chi connectivity index (χ4n) is 2.55. The maximum Gasteiger partial charge on any atom is 0.325 e. The Balaban J connectivity index is 1.81. The van der Waals surface area contributed by atoms with Crippen molar-refractivity contribution in [2.24, 2.45) is 0 Å². The minimum Gasteiger partial charge on any atom is -0.324 e. The lowest BCUT2D eigenvalue weighted by atomic mass is 10.1. The highest BCUT2D eigenvalue weighted by Gasteiger charge is 2.43. The van der Waals surface area contributed by atoms with Gasteiger partial charge in [0.1, 0.15) is 5.54 Å². The summed E-state index contributed by atoms with van der Waals surface area (Å²) in [6.45, 7) is 4.75. The van der Waals surface area contributed by atoms with Gasteiger partial charge in [0.2, 0.25) is 0 Å². The van der Waals surface area contributed by atoms with Crippen LogP contribution < -0.4 is 5.32 Å². The Morgan fingerprint density at radius 1 is 1.22 bits per heavy atom. The summed E-state index contributed by atoms with van der Waals surface area (Å²) in [6.07, 6.45) is 0.607. The van der Waals surface area contributed by atoms with Crippen LogP contribution in [0.2, 0.25) is 0 Å². The molecule has 0 atom stereocenters. The first-order valence-electron chi connectivity index (χ1n) is 7.47. The molecule has 2 rings (SSSR count). The summed E-state index contributed by atoms with van der Waals surface area (Å²) in [6, 6.07) is 3.44. The van der Waals surface area contributed by atoms with E-state index in [4.69, 9.17) is 0 Å². The van der Waals surface area contributed by atoms with Crippen LogP contribution in [0, 0.1) is 11.6 Å². The van der Waals surface area contributed by atoms with Crippen LogP contribution in [-0.4, -0.2) is 47.4 Å². The zero-order chi connectivity index (χ0) is 17.2. The first kappa shape index (κ1) is 17.3. The van der Waals surface area contributed by atoms with Gasteiger partial charge in [-0.05, 0) is 51.6 Å². The van der Waals surface area contributed by atoms with Gasteiger partial charge in [-0.3, -0.25) is 9.69 Å². The van der Waals surface area contributed by atoms with E-state index >= 15 is 0 Å². The second-order valence-corrected chi connectivity index (χ2v) is 6.35. The molecule has 0 bridgehead atoms. The summed E-state index contributed by atoms with van der Waals surface area (Å²) in [5, 5.41) is 2.63. The van der Waals surface area contributed by atoms with Crippen molar-refractivity contribution < 1.29 is 18.4 Å². The fraction of sp³-hybridized carbons (Fsp3) is 0.500. The number of rotatable bonds is 6. The predicted octanol–water partition coefficient (Wildman–Crippen LogP) is 2.12. The molecule has 1 fully saturated rings. The second kappa shape index (κ2) is 6.62. The third-order valence-electron chi connectivity index (χ3n) is 3.80. The van der Waals surface area contributed by atoms with E-state index in [9.17, 15) is 18.4 Å². The summed E-state index contributed by atoms with van der Waals surface area (Å²) < 4.78 is 26.0. The molecule has 23 heavy (non-hydrogen) atoms. The van der Waals surface area contributed by atoms with Gasteiger partial charge in [0.05, 0.1) is 0 Å². The smallest absolute Gasteiger partial charge is 0.324 e. The van der Waals surface area contributed by atoms with Gasteiger partial charge in [-0.15, -0.1) is 0 Å². The zero-order valence-corrected chi connectivity index (χ0v) is 13.5. The van der Waals surface area contributed by atoms with E-state index in [0.717, 1.165) is 6.07 Å². The van der Waals surface area contributed by atoms with Crippen LogP contribution in [0.5, 0.6) is 0 Å². The van der Waals surface area contributed by atoms with Gasteiger partial charge in [-0.25, -0.2) is 13.6 Å². The van der Waals surface area contributed by atoms with Crippen molar-refractivity contribution in [1.82, 2.24) is 15.1 Å². The maximum absolute atomic E-state index is 13.2. The lowest BCUT2D eigenvalue weighted by Gasteiger charge is -2.19. The maximum atomic E-state index is 13.2. The lowest BCUT2D eigenvalue weighted by Crippen LogP contribution is -2.40. The molecule has 1 heterocycles. The molecule has 7 heteroatoms. The molecule has 1 saturated heterocycles. The number of urea groups is 1. The van der Waals surface area contributed by atoms with E-state index in [1.165, 1.54) is 17.0 Å². The summed E-state index contributed by atoms with van der Waals surface area (Å²) in [5.74, 6) is -1.96. The molecule has 1 aromatic carbocycles. The van der Waals surface area contributed by atoms with E-state index in [1.807, 2.05) is 11.9 Å². The molecule has 126 valence electrons. The first-order chi connectivity index (χ1) is 10.7. The molecule has 0 aliphatic carbocycles. The van der Waals surface area contributed by atoms with E-state index < -0.39 is 17.2 Å².